The molecule has 0 rings (SSSR count). The quantitative estimate of drug-likeness (QED) is 0.0536. The molecule has 0 aliphatic heterocycles. The molecular weight excluding hydrogens is 770 g/mol. The lowest BCUT2D eigenvalue weighted by atomic mass is 10.0. The summed E-state index contributed by atoms with van der Waals surface area (Å²) in [5, 5.41) is 26.2. The molecule has 0 heterocycles. The Labute approximate surface area is 352 Å². The predicted molar refractivity (Wildman–Crippen MR) is 221 cm³/mol. The molecule has 0 radical (unpaired) electrons. The molecule has 0 spiro atoms. The SMILES string of the molecule is CC(=O)CCCCCNC(=O)COCCOCCOCCOCCOCCOCCNC(=O)CCC(NC(=O)CCCCCCCCCCCCCCC(=O)O)C(=O)O. The first-order chi connectivity index (χ1) is 28.6. The molecule has 1 unspecified atom stereocenters. The van der Waals surface area contributed by atoms with Gasteiger partial charge in [0.05, 0.1) is 72.7 Å². The van der Waals surface area contributed by atoms with Gasteiger partial charge in [-0.25, -0.2) is 4.79 Å². The lowest BCUT2D eigenvalue weighted by molar-refractivity contribution is -0.142. The lowest BCUT2D eigenvalue weighted by Gasteiger charge is -2.14. The molecule has 0 saturated carbocycles. The molecule has 0 aromatic heterocycles. The summed E-state index contributed by atoms with van der Waals surface area (Å²) >= 11 is 0. The van der Waals surface area contributed by atoms with Crippen molar-refractivity contribution in [3.05, 3.63) is 0 Å². The van der Waals surface area contributed by atoms with Crippen LogP contribution in [0.15, 0.2) is 0 Å². The van der Waals surface area contributed by atoms with Crippen molar-refractivity contribution in [1.29, 1.82) is 0 Å². The van der Waals surface area contributed by atoms with E-state index < -0.39 is 18.0 Å². The standard InChI is InChI=1S/C42H77N3O14/c1-36(46)17-13-12-16-22-43-40(49)35-59-34-33-58-32-31-57-30-29-56-28-27-55-26-25-54-24-23-44-38(47)21-20-37(42(52)53)45-39(48)18-14-10-8-6-4-2-3-5-7-9-11-15-19-41(50)51/h37H,2-35H2,1H3,(H,43,49)(H,44,47)(H,45,48)(H,50,51)(H,52,53). The van der Waals surface area contributed by atoms with Gasteiger partial charge in [-0.05, 0) is 39.0 Å². The molecule has 59 heavy (non-hydrogen) atoms. The van der Waals surface area contributed by atoms with Crippen molar-refractivity contribution in [3.8, 4) is 0 Å². The molecular formula is C42H77N3O14. The van der Waals surface area contributed by atoms with E-state index in [4.69, 9.17) is 33.5 Å². The molecule has 0 saturated heterocycles. The minimum atomic E-state index is -1.17. The van der Waals surface area contributed by atoms with Crippen molar-refractivity contribution < 1.29 is 67.4 Å². The molecule has 0 aromatic carbocycles. The van der Waals surface area contributed by atoms with Crippen LogP contribution in [0.3, 0.4) is 0 Å². The summed E-state index contributed by atoms with van der Waals surface area (Å²) in [5.74, 6) is -2.50. The largest absolute Gasteiger partial charge is 0.481 e. The van der Waals surface area contributed by atoms with Gasteiger partial charge in [-0.1, -0.05) is 70.6 Å². The number of carboxylic acid groups (broad SMARTS) is 2. The fourth-order valence-electron chi connectivity index (χ4n) is 5.70. The van der Waals surface area contributed by atoms with E-state index >= 15 is 0 Å². The Balaban J connectivity index is 3.52. The van der Waals surface area contributed by atoms with E-state index in [-0.39, 0.29) is 68.9 Å². The minimum absolute atomic E-state index is 0.000468. The third-order valence-corrected chi connectivity index (χ3v) is 9.03. The molecule has 17 heteroatoms. The molecule has 3 amide bonds. The first-order valence-corrected chi connectivity index (χ1v) is 21.8. The number of Topliss-reactive ketones (excluding diaryl/α,β-unsaturated/α-hetero) is 1. The Morgan fingerprint density at radius 1 is 0.424 bits per heavy atom. The summed E-state index contributed by atoms with van der Waals surface area (Å²) < 4.78 is 32.5. The fourth-order valence-corrected chi connectivity index (χ4v) is 5.70. The summed E-state index contributed by atoms with van der Waals surface area (Å²) in [5.41, 5.74) is 0. The van der Waals surface area contributed by atoms with Gasteiger partial charge >= 0.3 is 11.9 Å². The zero-order valence-electron chi connectivity index (χ0n) is 35.9. The van der Waals surface area contributed by atoms with E-state index in [1.54, 1.807) is 6.92 Å². The topological polar surface area (TPSA) is 234 Å². The van der Waals surface area contributed by atoms with Crippen LogP contribution in [0, 0.1) is 0 Å². The van der Waals surface area contributed by atoms with Crippen molar-refractivity contribution in [2.24, 2.45) is 0 Å². The Kier molecular flexibility index (Phi) is 40.5. The van der Waals surface area contributed by atoms with Crippen LogP contribution < -0.4 is 16.0 Å². The second-order valence-corrected chi connectivity index (χ2v) is 14.5. The molecule has 0 aliphatic carbocycles. The summed E-state index contributed by atoms with van der Waals surface area (Å²) in [6.45, 7) is 6.51. The number of ketones is 1. The van der Waals surface area contributed by atoms with E-state index in [0.29, 0.717) is 85.5 Å². The monoisotopic (exact) mass is 848 g/mol. The maximum Gasteiger partial charge on any atom is 0.326 e. The van der Waals surface area contributed by atoms with Crippen LogP contribution in [0.4, 0.5) is 0 Å². The van der Waals surface area contributed by atoms with Crippen molar-refractivity contribution >= 4 is 35.4 Å². The van der Waals surface area contributed by atoms with Gasteiger partial charge < -0.3 is 59.4 Å². The maximum absolute atomic E-state index is 12.3. The number of nitrogens with one attached hydrogen (secondary N) is 3. The highest BCUT2D eigenvalue weighted by molar-refractivity contribution is 5.84. The molecule has 0 aliphatic rings. The third-order valence-electron chi connectivity index (χ3n) is 9.03. The predicted octanol–water partition coefficient (Wildman–Crippen LogP) is 4.36. The second-order valence-electron chi connectivity index (χ2n) is 14.5. The van der Waals surface area contributed by atoms with Crippen LogP contribution in [-0.2, 0) is 57.2 Å². The number of unbranched alkanes of at least 4 members (excludes halogenated alkanes) is 13. The third kappa shape index (κ3) is 44.2. The number of ether oxygens (including phenoxy) is 6. The van der Waals surface area contributed by atoms with Gasteiger partial charge in [-0.3, -0.25) is 19.2 Å². The fraction of sp³-hybridized carbons (Fsp3) is 0.857. The Morgan fingerprint density at radius 3 is 1.31 bits per heavy atom. The van der Waals surface area contributed by atoms with Gasteiger partial charge in [0.2, 0.25) is 17.7 Å². The summed E-state index contributed by atoms with van der Waals surface area (Å²) in [7, 11) is 0. The van der Waals surface area contributed by atoms with E-state index in [2.05, 4.69) is 16.0 Å². The van der Waals surface area contributed by atoms with E-state index in [1.807, 2.05) is 0 Å². The first kappa shape index (κ1) is 55.8. The van der Waals surface area contributed by atoms with Crippen molar-refractivity contribution in [3.63, 3.8) is 0 Å². The van der Waals surface area contributed by atoms with Crippen LogP contribution in [0.1, 0.15) is 135 Å². The number of rotatable bonds is 46. The number of aliphatic carboxylic acids is 2. The highest BCUT2D eigenvalue weighted by atomic mass is 16.6. The second kappa shape index (κ2) is 42.9. The number of hydrogen-bond donors (Lipinski definition) is 5. The van der Waals surface area contributed by atoms with Gasteiger partial charge in [-0.15, -0.1) is 0 Å². The molecule has 17 nitrogen and oxygen atoms in total. The van der Waals surface area contributed by atoms with Gasteiger partial charge in [-0.2, -0.15) is 0 Å². The van der Waals surface area contributed by atoms with Crippen LogP contribution >= 0.6 is 0 Å². The highest BCUT2D eigenvalue weighted by Crippen LogP contribution is 2.13. The zero-order valence-corrected chi connectivity index (χ0v) is 35.9. The normalized spacial score (nSPS) is 11.6. The molecule has 0 aromatic rings. The Bertz CT molecular complexity index is 1080. The van der Waals surface area contributed by atoms with Crippen molar-refractivity contribution in [2.75, 3.05) is 92.4 Å². The molecule has 1 atom stereocenters. The molecule has 0 fully saturated rings. The minimum Gasteiger partial charge on any atom is -0.481 e. The van der Waals surface area contributed by atoms with Gasteiger partial charge in [0.15, 0.2) is 0 Å². The number of hydrogen-bond acceptors (Lipinski definition) is 12. The summed E-state index contributed by atoms with van der Waals surface area (Å²) in [6.07, 6.45) is 16.1. The van der Waals surface area contributed by atoms with Crippen LogP contribution in [-0.4, -0.2) is 144 Å². The van der Waals surface area contributed by atoms with Gasteiger partial charge in [0.1, 0.15) is 18.4 Å². The van der Waals surface area contributed by atoms with E-state index in [9.17, 15) is 33.9 Å². The highest BCUT2D eigenvalue weighted by Gasteiger charge is 2.20. The van der Waals surface area contributed by atoms with Crippen molar-refractivity contribution in [1.82, 2.24) is 16.0 Å². The smallest absolute Gasteiger partial charge is 0.326 e. The van der Waals surface area contributed by atoms with Gasteiger partial charge in [0.25, 0.3) is 0 Å². The molecule has 0 bridgehead atoms. The van der Waals surface area contributed by atoms with Crippen LogP contribution in [0.2, 0.25) is 0 Å². The average molecular weight is 848 g/mol. The maximum atomic E-state index is 12.3. The Morgan fingerprint density at radius 2 is 0.831 bits per heavy atom. The van der Waals surface area contributed by atoms with Crippen LogP contribution in [0.5, 0.6) is 0 Å². The molecule has 344 valence electrons. The zero-order chi connectivity index (χ0) is 43.4. The lowest BCUT2D eigenvalue weighted by Crippen LogP contribution is -2.41. The van der Waals surface area contributed by atoms with Crippen LogP contribution in [0.25, 0.3) is 0 Å². The summed E-state index contributed by atoms with van der Waals surface area (Å²) in [4.78, 5) is 69.2. The Hall–Kier alpha value is -3.22. The van der Waals surface area contributed by atoms with E-state index in [1.165, 1.54) is 19.3 Å². The number of carbonyl (C=O) groups excluding carboxylic acids is 4. The van der Waals surface area contributed by atoms with Gasteiger partial charge in [0, 0.05) is 38.8 Å². The van der Waals surface area contributed by atoms with Crippen molar-refractivity contribution in [2.45, 2.75) is 141 Å². The van der Waals surface area contributed by atoms with E-state index in [0.717, 1.165) is 70.6 Å². The molecule has 5 N–H and O–H groups in total. The average Bonchev–Trinajstić information content (AvgIpc) is 3.19. The number of amides is 3. The first-order valence-electron chi connectivity index (χ1n) is 21.8. The number of carbonyl (C=O) groups is 6. The number of carboxylic acids is 2. The summed E-state index contributed by atoms with van der Waals surface area (Å²) in [6, 6.07) is -1.12.